The van der Waals surface area contributed by atoms with Crippen molar-refractivity contribution in [1.82, 2.24) is 14.8 Å². The van der Waals surface area contributed by atoms with Crippen LogP contribution in [0.1, 0.15) is 10.4 Å². The van der Waals surface area contributed by atoms with Gasteiger partial charge in [0.2, 0.25) is 0 Å². The van der Waals surface area contributed by atoms with E-state index in [4.69, 9.17) is 11.6 Å². The molecule has 0 aliphatic carbocycles. The van der Waals surface area contributed by atoms with Gasteiger partial charge < -0.3 is 9.80 Å². The van der Waals surface area contributed by atoms with Crippen LogP contribution in [0, 0.1) is 0 Å². The number of rotatable bonds is 2. The predicted octanol–water partition coefficient (Wildman–Crippen LogP) is 3.02. The maximum atomic E-state index is 13.0. The van der Waals surface area contributed by atoms with Crippen LogP contribution in [0.5, 0.6) is 0 Å². The van der Waals surface area contributed by atoms with Crippen molar-refractivity contribution in [3.8, 4) is 5.69 Å². The summed E-state index contributed by atoms with van der Waals surface area (Å²) in [5.74, 6) is -0.0966. The van der Waals surface area contributed by atoms with Crippen molar-refractivity contribution in [2.24, 2.45) is 0 Å². The summed E-state index contributed by atoms with van der Waals surface area (Å²) in [6, 6.07) is 9.31. The summed E-state index contributed by atoms with van der Waals surface area (Å²) in [4.78, 5) is 21.0. The van der Waals surface area contributed by atoms with E-state index in [1.165, 1.54) is 0 Å². The van der Waals surface area contributed by atoms with Crippen LogP contribution in [0.2, 0.25) is 5.02 Å². The Bertz CT molecular complexity index is 938. The minimum Gasteiger partial charge on any atom is -0.371 e. The molecule has 0 atom stereocenters. The monoisotopic (exact) mass is 353 g/mol. The predicted molar refractivity (Wildman–Crippen MR) is 97.8 cm³/mol. The van der Waals surface area contributed by atoms with Gasteiger partial charge in [0, 0.05) is 32.5 Å². The van der Waals surface area contributed by atoms with Gasteiger partial charge in [-0.3, -0.25) is 9.78 Å². The number of para-hydroxylation sites is 1. The SMILES string of the molecule is CN1CCN(C(=O)c2cnn(-c3ccccc3Cl)c2)c2cnccc21. The number of benzene rings is 1. The highest BCUT2D eigenvalue weighted by atomic mass is 35.5. The Labute approximate surface area is 150 Å². The van der Waals surface area contributed by atoms with Crippen molar-refractivity contribution in [2.75, 3.05) is 29.9 Å². The first-order chi connectivity index (χ1) is 12.1. The van der Waals surface area contributed by atoms with Crippen LogP contribution in [0.3, 0.4) is 0 Å². The van der Waals surface area contributed by atoms with Crippen LogP contribution < -0.4 is 9.80 Å². The Morgan fingerprint density at radius 1 is 1.08 bits per heavy atom. The van der Waals surface area contributed by atoms with Crippen molar-refractivity contribution in [2.45, 2.75) is 0 Å². The number of aromatic nitrogens is 3. The normalized spacial score (nSPS) is 13.7. The van der Waals surface area contributed by atoms with Crippen molar-refractivity contribution in [3.63, 3.8) is 0 Å². The van der Waals surface area contributed by atoms with Crippen LogP contribution in [0.15, 0.2) is 55.1 Å². The van der Waals surface area contributed by atoms with Crippen molar-refractivity contribution < 1.29 is 4.79 Å². The molecule has 0 fully saturated rings. The average Bonchev–Trinajstić information content (AvgIpc) is 3.12. The molecule has 3 heterocycles. The molecule has 126 valence electrons. The van der Waals surface area contributed by atoms with Gasteiger partial charge in [0.25, 0.3) is 5.91 Å². The maximum absolute atomic E-state index is 13.0. The van der Waals surface area contributed by atoms with Gasteiger partial charge in [-0.25, -0.2) is 4.68 Å². The van der Waals surface area contributed by atoms with Gasteiger partial charge in [0.05, 0.1) is 40.0 Å². The molecule has 1 aliphatic rings. The van der Waals surface area contributed by atoms with E-state index in [-0.39, 0.29) is 5.91 Å². The van der Waals surface area contributed by atoms with E-state index < -0.39 is 0 Å². The van der Waals surface area contributed by atoms with Crippen molar-refractivity contribution in [3.05, 3.63) is 65.7 Å². The fraction of sp³-hybridized carbons (Fsp3) is 0.167. The lowest BCUT2D eigenvalue weighted by molar-refractivity contribution is 0.0986. The smallest absolute Gasteiger partial charge is 0.261 e. The molecule has 0 spiro atoms. The molecule has 0 saturated heterocycles. The molecule has 2 aromatic heterocycles. The van der Waals surface area contributed by atoms with E-state index in [1.54, 1.807) is 40.4 Å². The third-order valence-corrected chi connectivity index (χ3v) is 4.63. The number of halogens is 1. The number of carbonyl (C=O) groups excluding carboxylic acids is 1. The van der Waals surface area contributed by atoms with E-state index in [2.05, 4.69) is 15.0 Å². The lowest BCUT2D eigenvalue weighted by atomic mass is 10.2. The maximum Gasteiger partial charge on any atom is 0.261 e. The highest BCUT2D eigenvalue weighted by Gasteiger charge is 2.27. The quantitative estimate of drug-likeness (QED) is 0.710. The Morgan fingerprint density at radius 3 is 2.76 bits per heavy atom. The van der Waals surface area contributed by atoms with Crippen LogP contribution in [-0.4, -0.2) is 40.8 Å². The number of likely N-dealkylation sites (N-methyl/N-ethyl adjacent to an activating group) is 1. The van der Waals surface area contributed by atoms with Crippen LogP contribution >= 0.6 is 11.6 Å². The van der Waals surface area contributed by atoms with E-state index in [0.717, 1.165) is 23.6 Å². The van der Waals surface area contributed by atoms with Crippen LogP contribution in [-0.2, 0) is 0 Å². The second-order valence-electron chi connectivity index (χ2n) is 5.87. The molecular formula is C18H16ClN5O. The number of hydrogen-bond donors (Lipinski definition) is 0. The van der Waals surface area contributed by atoms with Crippen molar-refractivity contribution in [1.29, 1.82) is 0 Å². The summed E-state index contributed by atoms with van der Waals surface area (Å²) in [6.07, 6.45) is 6.73. The number of hydrogen-bond acceptors (Lipinski definition) is 4. The first kappa shape index (κ1) is 15.7. The van der Waals surface area contributed by atoms with Gasteiger partial charge in [-0.05, 0) is 18.2 Å². The summed E-state index contributed by atoms with van der Waals surface area (Å²) in [5.41, 5.74) is 3.06. The third-order valence-electron chi connectivity index (χ3n) is 4.31. The molecule has 7 heteroatoms. The first-order valence-electron chi connectivity index (χ1n) is 7.92. The lowest BCUT2D eigenvalue weighted by Crippen LogP contribution is -2.42. The van der Waals surface area contributed by atoms with Gasteiger partial charge in [0.15, 0.2) is 0 Å². The molecular weight excluding hydrogens is 338 g/mol. The fourth-order valence-electron chi connectivity index (χ4n) is 2.97. The standard InChI is InChI=1S/C18H16ClN5O/c1-22-8-9-23(17-11-20-7-6-16(17)22)18(25)13-10-21-24(12-13)15-5-3-2-4-14(15)19/h2-7,10-12H,8-9H2,1H3. The van der Waals surface area contributed by atoms with Crippen LogP contribution in [0.25, 0.3) is 5.69 Å². The number of pyridine rings is 1. The van der Waals surface area contributed by atoms with Crippen molar-refractivity contribution >= 4 is 28.9 Å². The number of amides is 1. The topological polar surface area (TPSA) is 54.3 Å². The number of nitrogens with zero attached hydrogens (tertiary/aromatic N) is 5. The first-order valence-corrected chi connectivity index (χ1v) is 8.29. The van der Waals surface area contributed by atoms with Gasteiger partial charge >= 0.3 is 0 Å². The molecule has 6 nitrogen and oxygen atoms in total. The van der Waals surface area contributed by atoms with Gasteiger partial charge in [-0.2, -0.15) is 5.10 Å². The number of anilines is 2. The zero-order valence-corrected chi connectivity index (χ0v) is 14.4. The molecule has 0 N–H and O–H groups in total. The summed E-state index contributed by atoms with van der Waals surface area (Å²) < 4.78 is 1.62. The molecule has 0 unspecified atom stereocenters. The van der Waals surface area contributed by atoms with E-state index in [1.807, 2.05) is 31.3 Å². The molecule has 1 aliphatic heterocycles. The molecule has 0 bridgehead atoms. The second kappa shape index (κ2) is 6.22. The Hall–Kier alpha value is -2.86. The van der Waals surface area contributed by atoms with E-state index in [0.29, 0.717) is 17.1 Å². The molecule has 0 saturated carbocycles. The zero-order valence-electron chi connectivity index (χ0n) is 13.6. The summed E-state index contributed by atoms with van der Waals surface area (Å²) >= 11 is 6.21. The van der Waals surface area contributed by atoms with E-state index in [9.17, 15) is 4.79 Å². The highest BCUT2D eigenvalue weighted by molar-refractivity contribution is 6.32. The molecule has 25 heavy (non-hydrogen) atoms. The number of carbonyl (C=O) groups is 1. The molecule has 3 aromatic rings. The minimum atomic E-state index is -0.0966. The summed E-state index contributed by atoms with van der Waals surface area (Å²) in [5, 5.41) is 4.87. The lowest BCUT2D eigenvalue weighted by Gasteiger charge is -2.35. The van der Waals surface area contributed by atoms with Gasteiger partial charge in [-0.1, -0.05) is 23.7 Å². The molecule has 4 rings (SSSR count). The average molecular weight is 354 g/mol. The highest BCUT2D eigenvalue weighted by Crippen LogP contribution is 2.32. The number of fused-ring (bicyclic) bond motifs is 1. The van der Waals surface area contributed by atoms with Gasteiger partial charge in [0.1, 0.15) is 0 Å². The largest absolute Gasteiger partial charge is 0.371 e. The Balaban J connectivity index is 1.67. The Morgan fingerprint density at radius 2 is 1.92 bits per heavy atom. The Kier molecular flexibility index (Phi) is 3.89. The summed E-state index contributed by atoms with van der Waals surface area (Å²) in [6.45, 7) is 1.37. The fourth-order valence-corrected chi connectivity index (χ4v) is 3.19. The summed E-state index contributed by atoms with van der Waals surface area (Å²) in [7, 11) is 2.01. The van der Waals surface area contributed by atoms with Crippen LogP contribution in [0.4, 0.5) is 11.4 Å². The van der Waals surface area contributed by atoms with E-state index >= 15 is 0 Å². The zero-order chi connectivity index (χ0) is 17.4. The molecule has 1 amide bonds. The van der Waals surface area contributed by atoms with Gasteiger partial charge in [-0.15, -0.1) is 0 Å². The minimum absolute atomic E-state index is 0.0966. The molecule has 0 radical (unpaired) electrons. The second-order valence-corrected chi connectivity index (χ2v) is 6.27. The third kappa shape index (κ3) is 2.74. The molecule has 1 aromatic carbocycles.